The molecular weight excluding hydrogens is 652 g/mol. The fourth-order valence-corrected chi connectivity index (χ4v) is 4.89. The van der Waals surface area contributed by atoms with Crippen molar-refractivity contribution in [3.63, 3.8) is 0 Å². The zero-order chi connectivity index (χ0) is 38.3. The van der Waals surface area contributed by atoms with E-state index in [0.717, 1.165) is 0 Å². The number of aromatic hydroxyl groups is 1. The first kappa shape index (κ1) is 43.3. The summed E-state index contributed by atoms with van der Waals surface area (Å²) in [5.41, 5.74) is 6.29. The highest BCUT2D eigenvalue weighted by molar-refractivity contribution is 5.96. The minimum atomic E-state index is -1.27. The summed E-state index contributed by atoms with van der Waals surface area (Å²) in [6.07, 6.45) is -0.240. The maximum Gasteiger partial charge on any atom is 0.326 e. The molecule has 16 heteroatoms. The Morgan fingerprint density at radius 1 is 0.640 bits per heavy atom. The third-order valence-corrected chi connectivity index (χ3v) is 7.68. The van der Waals surface area contributed by atoms with E-state index in [1.54, 1.807) is 26.0 Å². The van der Waals surface area contributed by atoms with Crippen LogP contribution in [-0.2, 0) is 40.0 Å². The van der Waals surface area contributed by atoms with Crippen molar-refractivity contribution < 1.29 is 48.9 Å². The van der Waals surface area contributed by atoms with Crippen LogP contribution >= 0.6 is 0 Å². The Hall–Kier alpha value is -4.73. The number of nitrogens with two attached hydrogens (primary N) is 1. The fraction of sp³-hybridized carbons (Fsp3) is 0.618. The molecule has 16 nitrogen and oxygen atoms in total. The Labute approximate surface area is 292 Å². The van der Waals surface area contributed by atoms with Crippen molar-refractivity contribution in [2.75, 3.05) is 0 Å². The molecule has 0 unspecified atom stereocenters. The number of carbonyl (C=O) groups is 7. The molecule has 1 aromatic carbocycles. The van der Waals surface area contributed by atoms with Crippen LogP contribution in [0.1, 0.15) is 79.7 Å². The molecule has 50 heavy (non-hydrogen) atoms. The Morgan fingerprint density at radius 2 is 1.10 bits per heavy atom. The number of rotatable bonds is 21. The first-order valence-corrected chi connectivity index (χ1v) is 16.7. The van der Waals surface area contributed by atoms with Gasteiger partial charge in [-0.1, -0.05) is 53.7 Å². The Balaban J connectivity index is 3.28. The first-order chi connectivity index (χ1) is 23.2. The number of carbonyl (C=O) groups excluding carboxylic acids is 5. The van der Waals surface area contributed by atoms with E-state index < -0.39 is 83.6 Å². The van der Waals surface area contributed by atoms with E-state index in [-0.39, 0.29) is 49.7 Å². The zero-order valence-corrected chi connectivity index (χ0v) is 29.8. The maximum atomic E-state index is 13.8. The summed E-state index contributed by atoms with van der Waals surface area (Å²) in [5.74, 6) is -6.64. The number of hydrogen-bond acceptors (Lipinski definition) is 9. The van der Waals surface area contributed by atoms with Crippen LogP contribution < -0.4 is 32.3 Å². The molecule has 280 valence electrons. The summed E-state index contributed by atoms with van der Waals surface area (Å²) in [6, 6.07) is -1.16. The monoisotopic (exact) mass is 706 g/mol. The Bertz CT molecular complexity index is 1330. The van der Waals surface area contributed by atoms with Crippen molar-refractivity contribution in [1.82, 2.24) is 26.6 Å². The number of aliphatic carboxylic acids is 2. The molecule has 0 aliphatic heterocycles. The normalized spacial score (nSPS) is 14.9. The van der Waals surface area contributed by atoms with E-state index >= 15 is 0 Å². The molecule has 0 aromatic heterocycles. The molecule has 0 aliphatic rings. The van der Waals surface area contributed by atoms with E-state index in [9.17, 15) is 43.8 Å². The van der Waals surface area contributed by atoms with Crippen LogP contribution in [0.2, 0.25) is 0 Å². The molecule has 5 amide bonds. The van der Waals surface area contributed by atoms with Crippen LogP contribution in [0.5, 0.6) is 5.75 Å². The summed E-state index contributed by atoms with van der Waals surface area (Å²) in [6.45, 7) is 11.9. The molecule has 0 radical (unpaired) electrons. The van der Waals surface area contributed by atoms with Crippen molar-refractivity contribution in [2.45, 2.75) is 117 Å². The average molecular weight is 707 g/mol. The quantitative estimate of drug-likeness (QED) is 0.0845. The Morgan fingerprint density at radius 3 is 1.56 bits per heavy atom. The van der Waals surface area contributed by atoms with Gasteiger partial charge in [-0.2, -0.15) is 0 Å². The molecule has 0 aliphatic carbocycles. The number of phenolic OH excluding ortho intramolecular Hbond substituents is 1. The predicted octanol–water partition coefficient (Wildman–Crippen LogP) is 0.404. The van der Waals surface area contributed by atoms with Crippen LogP contribution in [-0.4, -0.2) is 93.0 Å². The molecule has 10 N–H and O–H groups in total. The van der Waals surface area contributed by atoms with Gasteiger partial charge < -0.3 is 47.6 Å². The van der Waals surface area contributed by atoms with Crippen molar-refractivity contribution in [3.05, 3.63) is 29.8 Å². The van der Waals surface area contributed by atoms with Crippen molar-refractivity contribution in [2.24, 2.45) is 23.5 Å². The highest BCUT2D eigenvalue weighted by Gasteiger charge is 2.33. The van der Waals surface area contributed by atoms with E-state index in [4.69, 9.17) is 10.8 Å². The van der Waals surface area contributed by atoms with Crippen LogP contribution in [0.15, 0.2) is 24.3 Å². The molecule has 0 bridgehead atoms. The summed E-state index contributed by atoms with van der Waals surface area (Å²) in [5, 5.41) is 41.0. The van der Waals surface area contributed by atoms with Gasteiger partial charge in [0.1, 0.15) is 36.0 Å². The third kappa shape index (κ3) is 15.7. The molecule has 0 saturated heterocycles. The summed E-state index contributed by atoms with van der Waals surface area (Å²) >= 11 is 0. The summed E-state index contributed by atoms with van der Waals surface area (Å²) < 4.78 is 0. The second-order valence-electron chi connectivity index (χ2n) is 13.7. The molecule has 0 heterocycles. The van der Waals surface area contributed by atoms with Gasteiger partial charge >= 0.3 is 11.9 Å². The Kier molecular flexibility index (Phi) is 17.9. The van der Waals surface area contributed by atoms with E-state index in [2.05, 4.69) is 26.6 Å². The molecule has 6 atom stereocenters. The van der Waals surface area contributed by atoms with Gasteiger partial charge in [0.15, 0.2) is 0 Å². The maximum absolute atomic E-state index is 13.8. The highest BCUT2D eigenvalue weighted by atomic mass is 16.4. The number of hydrogen-bond donors (Lipinski definition) is 9. The van der Waals surface area contributed by atoms with Gasteiger partial charge in [0.2, 0.25) is 29.5 Å². The minimum Gasteiger partial charge on any atom is -0.508 e. The largest absolute Gasteiger partial charge is 0.508 e. The predicted molar refractivity (Wildman–Crippen MR) is 183 cm³/mol. The van der Waals surface area contributed by atoms with Gasteiger partial charge in [0.05, 0.1) is 6.04 Å². The van der Waals surface area contributed by atoms with Gasteiger partial charge in [-0.15, -0.1) is 0 Å². The second-order valence-corrected chi connectivity index (χ2v) is 13.7. The molecular formula is C34H54N6O10. The van der Waals surface area contributed by atoms with Crippen molar-refractivity contribution in [3.8, 4) is 5.75 Å². The van der Waals surface area contributed by atoms with E-state index in [0.29, 0.717) is 5.56 Å². The number of carboxylic acid groups (broad SMARTS) is 2. The van der Waals surface area contributed by atoms with E-state index in [1.165, 1.54) is 19.1 Å². The third-order valence-electron chi connectivity index (χ3n) is 7.68. The van der Waals surface area contributed by atoms with Crippen molar-refractivity contribution >= 4 is 41.5 Å². The van der Waals surface area contributed by atoms with Gasteiger partial charge in [-0.05, 0) is 61.6 Å². The standard InChI is InChI=1S/C34H54N6O10/c1-17(2)14-24(37-29(44)20(7)36-30(45)23(35)12-13-27(42)43)31(46)39-26(16-21-8-10-22(41)11-9-21)32(47)38-25(15-18(3)4)33(48)40-28(19(5)6)34(49)50/h8-11,17-20,23-26,28,41H,12-16,35H2,1-7H3,(H,36,45)(H,37,44)(H,38,47)(H,39,46)(H,40,48)(H,42,43)(H,49,50)/t20-,23-,24-,25-,26-,28-/m0/s1. The lowest BCUT2D eigenvalue weighted by molar-refractivity contribution is -0.143. The topological polar surface area (TPSA) is 266 Å². The van der Waals surface area contributed by atoms with Crippen LogP contribution in [0, 0.1) is 17.8 Å². The molecule has 1 aromatic rings. The number of amides is 5. The van der Waals surface area contributed by atoms with Crippen LogP contribution in [0.25, 0.3) is 0 Å². The van der Waals surface area contributed by atoms with Gasteiger partial charge in [-0.25, -0.2) is 4.79 Å². The molecule has 1 rings (SSSR count). The lowest BCUT2D eigenvalue weighted by Crippen LogP contribution is -2.60. The van der Waals surface area contributed by atoms with Crippen LogP contribution in [0.4, 0.5) is 0 Å². The average Bonchev–Trinajstić information content (AvgIpc) is 3.01. The number of nitrogens with one attached hydrogen (secondary N) is 5. The molecule has 0 fully saturated rings. The summed E-state index contributed by atoms with van der Waals surface area (Å²) in [4.78, 5) is 88.8. The molecule has 0 saturated carbocycles. The smallest absolute Gasteiger partial charge is 0.326 e. The zero-order valence-electron chi connectivity index (χ0n) is 29.8. The van der Waals surface area contributed by atoms with Crippen molar-refractivity contribution in [1.29, 1.82) is 0 Å². The second kappa shape index (κ2) is 20.7. The highest BCUT2D eigenvalue weighted by Crippen LogP contribution is 2.14. The van der Waals surface area contributed by atoms with E-state index in [1.807, 2.05) is 27.7 Å². The summed E-state index contributed by atoms with van der Waals surface area (Å²) in [7, 11) is 0. The van der Waals surface area contributed by atoms with Gasteiger partial charge in [0, 0.05) is 12.8 Å². The van der Waals surface area contributed by atoms with Gasteiger partial charge in [0.25, 0.3) is 0 Å². The lowest BCUT2D eigenvalue weighted by atomic mass is 9.98. The van der Waals surface area contributed by atoms with Crippen LogP contribution in [0.3, 0.4) is 0 Å². The molecule has 0 spiro atoms. The lowest BCUT2D eigenvalue weighted by Gasteiger charge is -2.28. The first-order valence-electron chi connectivity index (χ1n) is 16.7. The minimum absolute atomic E-state index is 0.0191. The number of benzene rings is 1. The number of carboxylic acids is 2. The van der Waals surface area contributed by atoms with Gasteiger partial charge in [-0.3, -0.25) is 28.8 Å². The SMILES string of the molecule is CC(C)C[C@H](NC(=O)[C@H](C)NC(=O)[C@@H](N)CCC(=O)O)C(=O)N[C@@H](Cc1ccc(O)cc1)C(=O)N[C@@H](CC(C)C)C(=O)N[C@H](C(=O)O)C(C)C. The fourth-order valence-electron chi connectivity index (χ4n) is 4.89. The number of phenols is 1.